The summed E-state index contributed by atoms with van der Waals surface area (Å²) in [4.78, 5) is 27.7. The van der Waals surface area contributed by atoms with Gasteiger partial charge in [-0.1, -0.05) is 35.3 Å². The van der Waals surface area contributed by atoms with E-state index in [0.717, 1.165) is 16.1 Å². The van der Waals surface area contributed by atoms with Crippen molar-refractivity contribution in [2.24, 2.45) is 0 Å². The number of nitrogens with one attached hydrogen (secondary N) is 1. The van der Waals surface area contributed by atoms with E-state index in [2.05, 4.69) is 5.32 Å². The van der Waals surface area contributed by atoms with Crippen LogP contribution in [-0.4, -0.2) is 57.1 Å². The lowest BCUT2D eigenvalue weighted by molar-refractivity contribution is -0.139. The number of benzene rings is 2. The number of rotatable bonds is 10. The molecule has 35 heavy (non-hydrogen) atoms. The second kappa shape index (κ2) is 12.0. The summed E-state index contributed by atoms with van der Waals surface area (Å²) in [6.45, 7) is 6.33. The molecule has 2 aromatic rings. The van der Waals surface area contributed by atoms with Gasteiger partial charge in [0.05, 0.1) is 19.1 Å². The standard InChI is InChI=1S/C24H31Cl2N3O5S/c1-15(2)27-24(31)17(4)28(13-18-19(25)8-7-9-20(18)26)23(30)14-29(35(6,32)33)21-12-16(3)10-11-22(21)34-5/h7-12,15,17H,13-14H2,1-6H3,(H,27,31)/t17-/m1/s1. The zero-order valence-corrected chi connectivity index (χ0v) is 23.0. The van der Waals surface area contributed by atoms with Crippen LogP contribution >= 0.6 is 23.2 Å². The first-order chi connectivity index (χ1) is 16.3. The number of aryl methyl sites for hydroxylation is 1. The molecule has 0 aliphatic carbocycles. The average molecular weight is 545 g/mol. The normalized spacial score (nSPS) is 12.3. The Hall–Kier alpha value is -2.49. The molecule has 0 saturated heterocycles. The van der Waals surface area contributed by atoms with Crippen molar-refractivity contribution in [3.05, 3.63) is 57.6 Å². The number of sulfonamides is 1. The number of nitrogens with zero attached hydrogens (tertiary/aromatic N) is 2. The van der Waals surface area contributed by atoms with Gasteiger partial charge in [0.2, 0.25) is 21.8 Å². The Morgan fingerprint density at radius 2 is 1.69 bits per heavy atom. The Bertz CT molecular complexity index is 1170. The molecule has 0 radical (unpaired) electrons. The molecule has 192 valence electrons. The molecular weight excluding hydrogens is 513 g/mol. The van der Waals surface area contributed by atoms with E-state index in [1.165, 1.54) is 12.0 Å². The lowest BCUT2D eigenvalue weighted by atomic mass is 10.1. The largest absolute Gasteiger partial charge is 0.495 e. The first-order valence-electron chi connectivity index (χ1n) is 10.9. The highest BCUT2D eigenvalue weighted by molar-refractivity contribution is 7.92. The zero-order chi connectivity index (χ0) is 26.5. The van der Waals surface area contributed by atoms with Gasteiger partial charge in [0.25, 0.3) is 0 Å². The van der Waals surface area contributed by atoms with Crippen LogP contribution in [0.1, 0.15) is 31.9 Å². The first-order valence-corrected chi connectivity index (χ1v) is 13.5. The number of hydrogen-bond acceptors (Lipinski definition) is 5. The number of methoxy groups -OCH3 is 1. The van der Waals surface area contributed by atoms with Crippen LogP contribution in [0.3, 0.4) is 0 Å². The first kappa shape index (κ1) is 28.7. The fraction of sp³-hybridized carbons (Fsp3) is 0.417. The maximum atomic E-state index is 13.6. The number of halogens is 2. The molecule has 0 heterocycles. The van der Waals surface area contributed by atoms with Gasteiger partial charge in [-0.25, -0.2) is 8.42 Å². The van der Waals surface area contributed by atoms with Crippen molar-refractivity contribution in [1.29, 1.82) is 0 Å². The average Bonchev–Trinajstić information content (AvgIpc) is 2.75. The Morgan fingerprint density at radius 1 is 1.09 bits per heavy atom. The van der Waals surface area contributed by atoms with Gasteiger partial charge in [-0.15, -0.1) is 0 Å². The molecule has 0 unspecified atom stereocenters. The van der Waals surface area contributed by atoms with Gasteiger partial charge in [-0.3, -0.25) is 13.9 Å². The van der Waals surface area contributed by atoms with Crippen LogP contribution in [0.4, 0.5) is 5.69 Å². The van der Waals surface area contributed by atoms with E-state index in [0.29, 0.717) is 21.4 Å². The van der Waals surface area contributed by atoms with E-state index in [-0.39, 0.29) is 18.3 Å². The highest BCUT2D eigenvalue weighted by Crippen LogP contribution is 2.32. The van der Waals surface area contributed by atoms with Crippen LogP contribution in [0.15, 0.2) is 36.4 Å². The molecule has 0 bridgehead atoms. The summed E-state index contributed by atoms with van der Waals surface area (Å²) >= 11 is 12.7. The van der Waals surface area contributed by atoms with Crippen LogP contribution in [0.5, 0.6) is 5.75 Å². The van der Waals surface area contributed by atoms with E-state index in [1.54, 1.807) is 64.1 Å². The predicted molar refractivity (Wildman–Crippen MR) is 140 cm³/mol. The van der Waals surface area contributed by atoms with E-state index >= 15 is 0 Å². The quantitative estimate of drug-likeness (QED) is 0.488. The minimum Gasteiger partial charge on any atom is -0.495 e. The molecule has 1 atom stereocenters. The highest BCUT2D eigenvalue weighted by atomic mass is 35.5. The molecule has 2 rings (SSSR count). The highest BCUT2D eigenvalue weighted by Gasteiger charge is 2.32. The van der Waals surface area contributed by atoms with Gasteiger partial charge in [0.1, 0.15) is 18.3 Å². The number of carbonyl (C=O) groups excluding carboxylic acids is 2. The fourth-order valence-corrected chi connectivity index (χ4v) is 4.79. The van der Waals surface area contributed by atoms with Gasteiger partial charge in [-0.05, 0) is 57.5 Å². The Labute approximate surface area is 217 Å². The molecule has 0 spiro atoms. The van der Waals surface area contributed by atoms with Gasteiger partial charge < -0.3 is 15.0 Å². The molecule has 0 aliphatic heterocycles. The third-order valence-electron chi connectivity index (χ3n) is 5.27. The van der Waals surface area contributed by atoms with Crippen LogP contribution in [0.2, 0.25) is 10.0 Å². The van der Waals surface area contributed by atoms with Crippen molar-refractivity contribution in [3.63, 3.8) is 0 Å². The number of hydrogen-bond donors (Lipinski definition) is 1. The molecule has 0 saturated carbocycles. The molecule has 1 N–H and O–H groups in total. The summed E-state index contributed by atoms with van der Waals surface area (Å²) in [6.07, 6.45) is 1.01. The van der Waals surface area contributed by atoms with E-state index < -0.39 is 34.4 Å². The Kier molecular flexibility index (Phi) is 9.83. The molecular formula is C24H31Cl2N3O5S. The summed E-state index contributed by atoms with van der Waals surface area (Å²) in [7, 11) is -2.48. The maximum absolute atomic E-state index is 13.6. The van der Waals surface area contributed by atoms with Crippen molar-refractivity contribution in [2.75, 3.05) is 24.2 Å². The van der Waals surface area contributed by atoms with Gasteiger partial charge in [0, 0.05) is 28.2 Å². The van der Waals surface area contributed by atoms with Gasteiger partial charge in [-0.2, -0.15) is 0 Å². The van der Waals surface area contributed by atoms with Crippen LogP contribution in [-0.2, 0) is 26.2 Å². The van der Waals surface area contributed by atoms with Crippen LogP contribution < -0.4 is 14.4 Å². The third kappa shape index (κ3) is 7.49. The maximum Gasteiger partial charge on any atom is 0.244 e. The van der Waals surface area contributed by atoms with Crippen molar-refractivity contribution in [3.8, 4) is 5.75 Å². The van der Waals surface area contributed by atoms with E-state index in [4.69, 9.17) is 27.9 Å². The monoisotopic (exact) mass is 543 g/mol. The van der Waals surface area contributed by atoms with Crippen LogP contribution in [0.25, 0.3) is 0 Å². The Balaban J connectivity index is 2.52. The number of amides is 2. The second-order valence-electron chi connectivity index (χ2n) is 8.51. The summed E-state index contributed by atoms with van der Waals surface area (Å²) in [6, 6.07) is 8.87. The Morgan fingerprint density at radius 3 is 2.20 bits per heavy atom. The van der Waals surface area contributed by atoms with Crippen molar-refractivity contribution >= 4 is 50.7 Å². The number of ether oxygens (including phenoxy) is 1. The number of carbonyl (C=O) groups is 2. The number of anilines is 1. The van der Waals surface area contributed by atoms with Crippen molar-refractivity contribution in [1.82, 2.24) is 10.2 Å². The molecule has 0 aromatic heterocycles. The van der Waals surface area contributed by atoms with Gasteiger partial charge in [0.15, 0.2) is 0 Å². The summed E-state index contributed by atoms with van der Waals surface area (Å²) in [5, 5.41) is 3.44. The fourth-order valence-electron chi connectivity index (χ4n) is 3.43. The summed E-state index contributed by atoms with van der Waals surface area (Å²) in [5.74, 6) is -0.711. The smallest absolute Gasteiger partial charge is 0.244 e. The summed E-state index contributed by atoms with van der Waals surface area (Å²) in [5.41, 5.74) is 1.46. The van der Waals surface area contributed by atoms with E-state index in [9.17, 15) is 18.0 Å². The van der Waals surface area contributed by atoms with Crippen molar-refractivity contribution < 1.29 is 22.7 Å². The minimum absolute atomic E-state index is 0.0907. The molecule has 0 fully saturated rings. The third-order valence-corrected chi connectivity index (χ3v) is 7.11. The lowest BCUT2D eigenvalue weighted by Gasteiger charge is -2.32. The summed E-state index contributed by atoms with van der Waals surface area (Å²) < 4.78 is 31.8. The van der Waals surface area contributed by atoms with Gasteiger partial charge >= 0.3 is 0 Å². The van der Waals surface area contributed by atoms with Crippen molar-refractivity contribution in [2.45, 2.75) is 46.3 Å². The molecule has 2 amide bonds. The molecule has 2 aromatic carbocycles. The zero-order valence-electron chi connectivity index (χ0n) is 20.6. The lowest BCUT2D eigenvalue weighted by Crippen LogP contribution is -2.52. The topological polar surface area (TPSA) is 96.0 Å². The molecule has 0 aliphatic rings. The second-order valence-corrected chi connectivity index (χ2v) is 11.2. The SMILES string of the molecule is COc1ccc(C)cc1N(CC(=O)N(Cc1c(Cl)cccc1Cl)[C@H](C)C(=O)NC(C)C)S(C)(=O)=O. The predicted octanol–water partition coefficient (Wildman–Crippen LogP) is 4.02. The van der Waals surface area contributed by atoms with E-state index in [1.807, 2.05) is 0 Å². The van der Waals surface area contributed by atoms with Crippen LogP contribution in [0, 0.1) is 6.92 Å². The minimum atomic E-state index is -3.90. The molecule has 11 heteroatoms. The molecule has 8 nitrogen and oxygen atoms in total.